The van der Waals surface area contributed by atoms with Crippen LogP contribution in [0.15, 0.2) is 16.7 Å². The first kappa shape index (κ1) is 15.6. The van der Waals surface area contributed by atoms with Crippen molar-refractivity contribution in [1.29, 1.82) is 0 Å². The van der Waals surface area contributed by atoms with E-state index in [1.807, 2.05) is 9.80 Å². The first-order valence-corrected chi connectivity index (χ1v) is 7.25. The highest BCUT2D eigenvalue weighted by Crippen LogP contribution is 2.28. The Balaban J connectivity index is 2.08. The highest BCUT2D eigenvalue weighted by molar-refractivity contribution is 9.10. The molecule has 1 aliphatic heterocycles. The van der Waals surface area contributed by atoms with Gasteiger partial charge in [0.05, 0.1) is 15.9 Å². The fourth-order valence-electron chi connectivity index (χ4n) is 2.29. The molecule has 0 aromatic carbocycles. The normalized spacial score (nSPS) is 16.5. The van der Waals surface area contributed by atoms with Gasteiger partial charge in [0.2, 0.25) is 0 Å². The van der Waals surface area contributed by atoms with E-state index in [2.05, 4.69) is 20.9 Å². The number of halogens is 1. The van der Waals surface area contributed by atoms with Gasteiger partial charge in [-0.1, -0.05) is 0 Å². The highest BCUT2D eigenvalue weighted by Gasteiger charge is 2.20. The quantitative estimate of drug-likeness (QED) is 0.640. The minimum absolute atomic E-state index is 0.0305. The molecule has 8 nitrogen and oxygen atoms in total. The van der Waals surface area contributed by atoms with Crippen molar-refractivity contribution >= 4 is 33.4 Å². The van der Waals surface area contributed by atoms with Crippen molar-refractivity contribution in [1.82, 2.24) is 9.88 Å². The molecule has 114 valence electrons. The molecule has 0 amide bonds. The monoisotopic (exact) mass is 358 g/mol. The van der Waals surface area contributed by atoms with Crippen molar-refractivity contribution in [2.45, 2.75) is 6.42 Å². The lowest BCUT2D eigenvalue weighted by atomic mass is 10.3. The van der Waals surface area contributed by atoms with Gasteiger partial charge >= 0.3 is 5.97 Å². The van der Waals surface area contributed by atoms with E-state index in [0.29, 0.717) is 29.9 Å². The van der Waals surface area contributed by atoms with Gasteiger partial charge in [-0.2, -0.15) is 0 Å². The first-order chi connectivity index (χ1) is 9.97. The van der Waals surface area contributed by atoms with Gasteiger partial charge in [-0.05, 0) is 22.4 Å². The lowest BCUT2D eigenvalue weighted by molar-refractivity contribution is -0.385. The van der Waals surface area contributed by atoms with Gasteiger partial charge in [0.1, 0.15) is 12.0 Å². The van der Waals surface area contributed by atoms with Gasteiger partial charge in [-0.3, -0.25) is 19.8 Å². The third-order valence-corrected chi connectivity index (χ3v) is 3.85. The molecule has 1 saturated heterocycles. The maximum Gasteiger partial charge on any atom is 0.317 e. The molecule has 0 bridgehead atoms. The fourth-order valence-corrected chi connectivity index (χ4v) is 2.87. The Labute approximate surface area is 129 Å². The third-order valence-electron chi connectivity index (χ3n) is 3.27. The van der Waals surface area contributed by atoms with Gasteiger partial charge in [0.25, 0.3) is 5.69 Å². The van der Waals surface area contributed by atoms with Crippen LogP contribution in [0, 0.1) is 10.1 Å². The molecular formula is C12H15BrN4O4. The van der Waals surface area contributed by atoms with Gasteiger partial charge in [-0.25, -0.2) is 4.98 Å². The first-order valence-electron chi connectivity index (χ1n) is 6.46. The Kier molecular flexibility index (Phi) is 5.07. The van der Waals surface area contributed by atoms with Crippen LogP contribution in [-0.4, -0.2) is 58.6 Å². The van der Waals surface area contributed by atoms with E-state index in [-0.39, 0.29) is 12.2 Å². The summed E-state index contributed by atoms with van der Waals surface area (Å²) >= 11 is 3.32. The molecule has 1 aliphatic rings. The lowest BCUT2D eigenvalue weighted by Gasteiger charge is -2.22. The number of aliphatic carboxylic acids is 1. The molecule has 0 unspecified atom stereocenters. The molecule has 21 heavy (non-hydrogen) atoms. The van der Waals surface area contributed by atoms with Crippen LogP contribution in [0.1, 0.15) is 6.42 Å². The molecule has 0 spiro atoms. The van der Waals surface area contributed by atoms with Gasteiger partial charge in [-0.15, -0.1) is 0 Å². The standard InChI is InChI=1S/C12H15BrN4O4/c13-10-6-9(17(20)21)7-14-12(10)16-3-1-2-15(4-5-16)8-11(18)19/h6-7H,1-5,8H2,(H,18,19). The van der Waals surface area contributed by atoms with E-state index >= 15 is 0 Å². The average molecular weight is 359 g/mol. The molecule has 1 aromatic heterocycles. The largest absolute Gasteiger partial charge is 0.480 e. The van der Waals surface area contributed by atoms with Crippen LogP contribution in [0.5, 0.6) is 0 Å². The van der Waals surface area contributed by atoms with Crippen molar-refractivity contribution in [3.8, 4) is 0 Å². The minimum atomic E-state index is -0.835. The summed E-state index contributed by atoms with van der Waals surface area (Å²) in [6.45, 7) is 2.74. The van der Waals surface area contributed by atoms with Crippen molar-refractivity contribution in [3.05, 3.63) is 26.9 Å². The zero-order valence-corrected chi connectivity index (χ0v) is 12.8. The Bertz CT molecular complexity index is 554. The molecule has 1 aromatic rings. The average Bonchev–Trinajstić information content (AvgIpc) is 2.63. The summed E-state index contributed by atoms with van der Waals surface area (Å²) in [5.41, 5.74) is -0.0621. The van der Waals surface area contributed by atoms with Crippen molar-refractivity contribution < 1.29 is 14.8 Å². The van der Waals surface area contributed by atoms with Gasteiger partial charge < -0.3 is 10.0 Å². The molecule has 9 heteroatoms. The van der Waals surface area contributed by atoms with Crippen LogP contribution < -0.4 is 4.90 Å². The van der Waals surface area contributed by atoms with Crippen LogP contribution in [0.2, 0.25) is 0 Å². The molecule has 0 atom stereocenters. The number of carbonyl (C=O) groups is 1. The van der Waals surface area contributed by atoms with Gasteiger partial charge in [0.15, 0.2) is 0 Å². The number of nitro groups is 1. The second-order valence-corrected chi connectivity index (χ2v) is 5.62. The summed E-state index contributed by atoms with van der Waals surface area (Å²) < 4.78 is 0.573. The highest BCUT2D eigenvalue weighted by atomic mass is 79.9. The Hall–Kier alpha value is -1.74. The summed E-state index contributed by atoms with van der Waals surface area (Å²) in [4.78, 5) is 29.0. The fraction of sp³-hybridized carbons (Fsp3) is 0.500. The summed E-state index contributed by atoms with van der Waals surface area (Å²) in [7, 11) is 0. The number of carboxylic acid groups (broad SMARTS) is 1. The maximum atomic E-state index is 10.7. The molecule has 0 radical (unpaired) electrons. The Morgan fingerprint density at radius 1 is 1.43 bits per heavy atom. The number of aromatic nitrogens is 1. The predicted molar refractivity (Wildman–Crippen MR) is 79.5 cm³/mol. The zero-order valence-electron chi connectivity index (χ0n) is 11.2. The summed E-state index contributed by atoms with van der Waals surface area (Å²) in [6, 6.07) is 1.43. The molecule has 1 N–H and O–H groups in total. The SMILES string of the molecule is O=C(O)CN1CCCN(c2ncc([N+](=O)[O-])cc2Br)CC1. The zero-order chi connectivity index (χ0) is 15.4. The van der Waals surface area contributed by atoms with E-state index in [1.165, 1.54) is 12.3 Å². The molecule has 0 aliphatic carbocycles. The third kappa shape index (κ3) is 4.11. The second-order valence-electron chi connectivity index (χ2n) is 4.77. The van der Waals surface area contributed by atoms with Crippen molar-refractivity contribution in [3.63, 3.8) is 0 Å². The second kappa shape index (κ2) is 6.81. The maximum absolute atomic E-state index is 10.7. The Morgan fingerprint density at radius 2 is 2.19 bits per heavy atom. The lowest BCUT2D eigenvalue weighted by Crippen LogP contribution is -2.34. The van der Waals surface area contributed by atoms with E-state index < -0.39 is 10.9 Å². The van der Waals surface area contributed by atoms with Crippen molar-refractivity contribution in [2.75, 3.05) is 37.6 Å². The van der Waals surface area contributed by atoms with Crippen LogP contribution in [0.4, 0.5) is 11.5 Å². The minimum Gasteiger partial charge on any atom is -0.480 e. The van der Waals surface area contributed by atoms with E-state index in [1.54, 1.807) is 0 Å². The summed E-state index contributed by atoms with van der Waals surface area (Å²) in [6.07, 6.45) is 2.05. The van der Waals surface area contributed by atoms with E-state index in [0.717, 1.165) is 13.0 Å². The molecule has 0 saturated carbocycles. The smallest absolute Gasteiger partial charge is 0.317 e. The number of pyridine rings is 1. The topological polar surface area (TPSA) is 99.8 Å². The molecule has 2 heterocycles. The number of rotatable bonds is 4. The van der Waals surface area contributed by atoms with Crippen molar-refractivity contribution in [2.24, 2.45) is 0 Å². The molecule has 2 rings (SSSR count). The van der Waals surface area contributed by atoms with E-state index in [9.17, 15) is 14.9 Å². The summed E-state index contributed by atoms with van der Waals surface area (Å²) in [5.74, 6) is -0.184. The number of carboxylic acids is 1. The van der Waals surface area contributed by atoms with Crippen LogP contribution in [-0.2, 0) is 4.79 Å². The number of nitrogens with zero attached hydrogens (tertiary/aromatic N) is 4. The number of hydrogen-bond acceptors (Lipinski definition) is 6. The van der Waals surface area contributed by atoms with E-state index in [4.69, 9.17) is 5.11 Å². The van der Waals surface area contributed by atoms with Gasteiger partial charge in [0, 0.05) is 32.2 Å². The van der Waals surface area contributed by atoms with Crippen LogP contribution in [0.25, 0.3) is 0 Å². The molecular weight excluding hydrogens is 344 g/mol. The summed E-state index contributed by atoms with van der Waals surface area (Å²) in [5, 5.41) is 19.5. The number of hydrogen-bond donors (Lipinski definition) is 1. The predicted octanol–water partition coefficient (Wildman–Crippen LogP) is 1.35. The van der Waals surface area contributed by atoms with Crippen LogP contribution >= 0.6 is 15.9 Å². The molecule has 1 fully saturated rings. The van der Waals surface area contributed by atoms with Crippen LogP contribution in [0.3, 0.4) is 0 Å². The number of anilines is 1. The Morgan fingerprint density at radius 3 is 2.81 bits per heavy atom.